The van der Waals surface area contributed by atoms with Crippen LogP contribution >= 0.6 is 11.6 Å². The number of pyridine rings is 1. The van der Waals surface area contributed by atoms with Gasteiger partial charge in [0.25, 0.3) is 11.8 Å². The quantitative estimate of drug-likeness (QED) is 0.542. The summed E-state index contributed by atoms with van der Waals surface area (Å²) < 4.78 is 5.26. The topological polar surface area (TPSA) is 71.5 Å². The predicted molar refractivity (Wildman–Crippen MR) is 132 cm³/mol. The Morgan fingerprint density at radius 2 is 1.82 bits per heavy atom. The van der Waals surface area contributed by atoms with Crippen LogP contribution in [0.5, 0.6) is 5.75 Å². The molecule has 1 saturated heterocycles. The summed E-state index contributed by atoms with van der Waals surface area (Å²) in [7, 11) is 1.62. The molecule has 2 aromatic carbocycles. The highest BCUT2D eigenvalue weighted by molar-refractivity contribution is 6.30. The number of carbonyl (C=O) groups excluding carboxylic acids is 2. The summed E-state index contributed by atoms with van der Waals surface area (Å²) in [4.78, 5) is 32.5. The van der Waals surface area contributed by atoms with Gasteiger partial charge in [0.05, 0.1) is 18.4 Å². The smallest absolute Gasteiger partial charge is 0.253 e. The van der Waals surface area contributed by atoms with E-state index in [0.717, 1.165) is 35.5 Å². The van der Waals surface area contributed by atoms with Crippen LogP contribution in [-0.2, 0) is 6.54 Å². The average Bonchev–Trinajstić information content (AvgIpc) is 2.87. The Morgan fingerprint density at radius 1 is 1.09 bits per heavy atom. The second-order valence-corrected chi connectivity index (χ2v) is 8.93. The molecular formula is C27H28ClN3O3. The minimum Gasteiger partial charge on any atom is -0.497 e. The molecule has 0 unspecified atom stereocenters. The molecule has 1 aliphatic rings. The van der Waals surface area contributed by atoms with Crippen molar-refractivity contribution in [2.75, 3.05) is 20.2 Å². The Hall–Kier alpha value is -3.38. The zero-order valence-corrected chi connectivity index (χ0v) is 20.1. The predicted octanol–water partition coefficient (Wildman–Crippen LogP) is 5.00. The van der Waals surface area contributed by atoms with Crippen LogP contribution < -0.4 is 10.1 Å². The lowest BCUT2D eigenvalue weighted by Gasteiger charge is -2.32. The number of amides is 2. The number of hydrogen-bond donors (Lipinski definition) is 1. The van der Waals surface area contributed by atoms with Gasteiger partial charge in [0.2, 0.25) is 0 Å². The highest BCUT2D eigenvalue weighted by Crippen LogP contribution is 2.30. The summed E-state index contributed by atoms with van der Waals surface area (Å²) in [5, 5.41) is 3.62. The summed E-state index contributed by atoms with van der Waals surface area (Å²) in [6.07, 6.45) is 1.51. The van der Waals surface area contributed by atoms with E-state index in [2.05, 4.69) is 5.32 Å². The van der Waals surface area contributed by atoms with E-state index in [1.54, 1.807) is 31.4 Å². The molecule has 34 heavy (non-hydrogen) atoms. The normalized spacial score (nSPS) is 14.0. The van der Waals surface area contributed by atoms with Gasteiger partial charge in [-0.2, -0.15) is 0 Å². The van der Waals surface area contributed by atoms with Crippen LogP contribution in [0.2, 0.25) is 5.02 Å². The summed E-state index contributed by atoms with van der Waals surface area (Å²) >= 11 is 5.94. The van der Waals surface area contributed by atoms with Gasteiger partial charge in [-0.1, -0.05) is 23.7 Å². The molecule has 0 aliphatic carbocycles. The molecule has 3 aromatic rings. The van der Waals surface area contributed by atoms with Gasteiger partial charge in [0, 0.05) is 41.8 Å². The number of aryl methyl sites for hydroxylation is 1. The first-order chi connectivity index (χ1) is 16.4. The van der Waals surface area contributed by atoms with Gasteiger partial charge in [-0.3, -0.25) is 14.6 Å². The SMILES string of the molecule is COc1cccc(CNC(=O)c2ccc(C)nc2C2CCN(C(=O)c3ccc(Cl)cc3)CC2)c1. The van der Waals surface area contributed by atoms with Crippen molar-refractivity contribution in [3.8, 4) is 5.75 Å². The third-order valence-electron chi connectivity index (χ3n) is 6.16. The lowest BCUT2D eigenvalue weighted by atomic mass is 9.89. The number of aromatic nitrogens is 1. The number of piperidine rings is 1. The van der Waals surface area contributed by atoms with Crippen molar-refractivity contribution in [3.05, 3.63) is 93.8 Å². The van der Waals surface area contributed by atoms with Gasteiger partial charge < -0.3 is 15.0 Å². The molecule has 2 amide bonds. The maximum atomic E-state index is 13.1. The van der Waals surface area contributed by atoms with E-state index < -0.39 is 0 Å². The maximum absolute atomic E-state index is 13.1. The van der Waals surface area contributed by atoms with E-state index in [-0.39, 0.29) is 17.7 Å². The van der Waals surface area contributed by atoms with Crippen molar-refractivity contribution >= 4 is 23.4 Å². The molecule has 0 atom stereocenters. The van der Waals surface area contributed by atoms with E-state index >= 15 is 0 Å². The van der Waals surface area contributed by atoms with Gasteiger partial charge in [-0.05, 0) is 73.9 Å². The first-order valence-corrected chi connectivity index (χ1v) is 11.8. The highest BCUT2D eigenvalue weighted by Gasteiger charge is 2.28. The fourth-order valence-corrected chi connectivity index (χ4v) is 4.40. The van der Waals surface area contributed by atoms with E-state index in [4.69, 9.17) is 21.3 Å². The van der Waals surface area contributed by atoms with E-state index in [1.807, 2.05) is 48.2 Å². The molecule has 2 heterocycles. The van der Waals surface area contributed by atoms with Crippen molar-refractivity contribution in [1.82, 2.24) is 15.2 Å². The van der Waals surface area contributed by atoms with Crippen LogP contribution in [0.25, 0.3) is 0 Å². The summed E-state index contributed by atoms with van der Waals surface area (Å²) in [6, 6.07) is 18.3. The first-order valence-electron chi connectivity index (χ1n) is 11.4. The number of carbonyl (C=O) groups is 2. The minimum atomic E-state index is -0.148. The molecule has 0 spiro atoms. The van der Waals surface area contributed by atoms with Gasteiger partial charge in [-0.15, -0.1) is 0 Å². The fraction of sp³-hybridized carbons (Fsp3) is 0.296. The largest absolute Gasteiger partial charge is 0.497 e. The van der Waals surface area contributed by atoms with Gasteiger partial charge in [-0.25, -0.2) is 0 Å². The van der Waals surface area contributed by atoms with Crippen LogP contribution in [0, 0.1) is 6.92 Å². The van der Waals surface area contributed by atoms with Gasteiger partial charge >= 0.3 is 0 Å². The molecule has 0 radical (unpaired) electrons. The van der Waals surface area contributed by atoms with Crippen LogP contribution in [0.4, 0.5) is 0 Å². The average molecular weight is 478 g/mol. The van der Waals surface area contributed by atoms with E-state index in [0.29, 0.717) is 35.8 Å². The molecule has 1 aliphatic heterocycles. The number of methoxy groups -OCH3 is 1. The molecule has 4 rings (SSSR count). The highest BCUT2D eigenvalue weighted by atomic mass is 35.5. The molecule has 1 N–H and O–H groups in total. The molecule has 1 aromatic heterocycles. The number of likely N-dealkylation sites (tertiary alicyclic amines) is 1. The maximum Gasteiger partial charge on any atom is 0.253 e. The fourth-order valence-electron chi connectivity index (χ4n) is 4.27. The summed E-state index contributed by atoms with van der Waals surface area (Å²) in [5.41, 5.74) is 3.87. The Kier molecular flexibility index (Phi) is 7.48. The lowest BCUT2D eigenvalue weighted by Crippen LogP contribution is -2.38. The third-order valence-corrected chi connectivity index (χ3v) is 6.41. The number of benzene rings is 2. The minimum absolute atomic E-state index is 0.00331. The monoisotopic (exact) mass is 477 g/mol. The zero-order valence-electron chi connectivity index (χ0n) is 19.4. The van der Waals surface area contributed by atoms with Crippen LogP contribution in [0.15, 0.2) is 60.7 Å². The standard InChI is InChI=1S/C27H28ClN3O3/c1-18-6-11-24(26(32)29-17-19-4-3-5-23(16-19)34-2)25(30-18)20-12-14-31(15-13-20)27(33)21-7-9-22(28)10-8-21/h3-11,16,20H,12-15,17H2,1-2H3,(H,29,32). The number of rotatable bonds is 6. The Balaban J connectivity index is 1.43. The van der Waals surface area contributed by atoms with Crippen molar-refractivity contribution in [2.45, 2.75) is 32.2 Å². The van der Waals surface area contributed by atoms with Crippen molar-refractivity contribution in [1.29, 1.82) is 0 Å². The summed E-state index contributed by atoms with van der Waals surface area (Å²) in [6.45, 7) is 3.57. The molecule has 7 heteroatoms. The second kappa shape index (κ2) is 10.7. The second-order valence-electron chi connectivity index (χ2n) is 8.49. The van der Waals surface area contributed by atoms with Gasteiger partial charge in [0.1, 0.15) is 5.75 Å². The van der Waals surface area contributed by atoms with Crippen molar-refractivity contribution < 1.29 is 14.3 Å². The van der Waals surface area contributed by atoms with Crippen molar-refractivity contribution in [3.63, 3.8) is 0 Å². The van der Waals surface area contributed by atoms with Crippen LogP contribution in [0.3, 0.4) is 0 Å². The lowest BCUT2D eigenvalue weighted by molar-refractivity contribution is 0.0710. The number of hydrogen-bond acceptors (Lipinski definition) is 4. The van der Waals surface area contributed by atoms with Crippen LogP contribution in [0.1, 0.15) is 56.4 Å². The number of ether oxygens (including phenoxy) is 1. The molecule has 6 nitrogen and oxygen atoms in total. The zero-order chi connectivity index (χ0) is 24.1. The van der Waals surface area contributed by atoms with Gasteiger partial charge in [0.15, 0.2) is 0 Å². The first kappa shape index (κ1) is 23.8. The van der Waals surface area contributed by atoms with E-state index in [1.165, 1.54) is 0 Å². The van der Waals surface area contributed by atoms with Crippen molar-refractivity contribution in [2.24, 2.45) is 0 Å². The van der Waals surface area contributed by atoms with E-state index in [9.17, 15) is 9.59 Å². The molecular weight excluding hydrogens is 450 g/mol. The molecule has 0 saturated carbocycles. The number of halogens is 1. The van der Waals surface area contributed by atoms with Crippen LogP contribution in [-0.4, -0.2) is 41.9 Å². The summed E-state index contributed by atoms with van der Waals surface area (Å²) in [5.74, 6) is 0.727. The Morgan fingerprint density at radius 3 is 2.53 bits per heavy atom. The number of nitrogens with one attached hydrogen (secondary N) is 1. The molecule has 0 bridgehead atoms. The Labute approximate surface area is 204 Å². The Bertz CT molecular complexity index is 1170. The number of nitrogens with zero attached hydrogens (tertiary/aromatic N) is 2. The third kappa shape index (κ3) is 5.57. The molecule has 1 fully saturated rings. The molecule has 176 valence electrons.